The molecule has 4 aromatic rings. The number of fused-ring (bicyclic) bond motifs is 4. The van der Waals surface area contributed by atoms with Crippen LogP contribution < -0.4 is 68.6 Å². The van der Waals surface area contributed by atoms with Crippen LogP contribution in [0, 0.1) is 0 Å². The lowest BCUT2D eigenvalue weighted by Crippen LogP contribution is -2.69. The van der Waals surface area contributed by atoms with E-state index in [9.17, 15) is 47.9 Å². The first-order valence-corrected chi connectivity index (χ1v) is 22.3. The second kappa shape index (κ2) is 21.2. The predicted molar refractivity (Wildman–Crippen MR) is 240 cm³/mol. The van der Waals surface area contributed by atoms with E-state index in [4.69, 9.17) is 25.1 Å². The highest BCUT2D eigenvalue weighted by atomic mass is 17.1. The van der Waals surface area contributed by atoms with Gasteiger partial charge in [-0.15, -0.1) is 18.9 Å². The lowest BCUT2D eigenvalue weighted by molar-refractivity contribution is -0.491. The summed E-state index contributed by atoms with van der Waals surface area (Å²) in [5, 5.41) is 10.5. The van der Waals surface area contributed by atoms with E-state index in [1.165, 1.54) is 35.0 Å². The Kier molecular flexibility index (Phi) is 14.9. The zero-order chi connectivity index (χ0) is 49.4. The number of carbonyl (C=O) groups is 6. The molecule has 3 aliphatic rings. The summed E-state index contributed by atoms with van der Waals surface area (Å²) < 4.78 is 0.875. The highest BCUT2D eigenvalue weighted by Gasteiger charge is 2.52. The Hall–Kier alpha value is -8.22. The molecule has 25 heteroatoms. The Morgan fingerprint density at radius 1 is 0.681 bits per heavy atom. The molecular weight excluding hydrogens is 907 g/mol. The van der Waals surface area contributed by atoms with Crippen molar-refractivity contribution in [3.63, 3.8) is 0 Å². The first-order valence-electron chi connectivity index (χ1n) is 22.3. The van der Waals surface area contributed by atoms with E-state index in [1.807, 2.05) is 0 Å². The van der Waals surface area contributed by atoms with Crippen LogP contribution in [0.25, 0.3) is 0 Å². The lowest BCUT2D eigenvalue weighted by atomic mass is 10.1. The quantitative estimate of drug-likeness (QED) is 0.118. The number of nitrogens with zero attached hydrogens (tertiary/aromatic N) is 6. The normalized spacial score (nSPS) is 19.1. The minimum absolute atomic E-state index is 0.0381. The van der Waals surface area contributed by atoms with E-state index in [2.05, 4.69) is 21.3 Å². The van der Waals surface area contributed by atoms with Crippen LogP contribution in [0.5, 0.6) is 0 Å². The molecule has 25 nitrogen and oxygen atoms in total. The van der Waals surface area contributed by atoms with Crippen molar-refractivity contribution in [1.82, 2.24) is 50.0 Å². The summed E-state index contributed by atoms with van der Waals surface area (Å²) in [6.07, 6.45) is -1.65. The molecule has 0 saturated heterocycles. The summed E-state index contributed by atoms with van der Waals surface area (Å²) in [5.41, 5.74) is -3.28. The molecule has 6 amide bonds. The fourth-order valence-electron chi connectivity index (χ4n) is 7.56. The summed E-state index contributed by atoms with van der Waals surface area (Å²) in [6, 6.07) is 9.72. The Bertz CT molecular complexity index is 2910. The predicted octanol–water partition coefficient (Wildman–Crippen LogP) is -2.69. The molecule has 2 atom stereocenters. The van der Waals surface area contributed by atoms with E-state index >= 15 is 0 Å². The number of rotatable bonds is 7. The summed E-state index contributed by atoms with van der Waals surface area (Å²) in [6.45, 7) is 1.80. The maximum absolute atomic E-state index is 14.9. The molecule has 366 valence electrons. The fraction of sp³-hybridized carbons (Fsp3) is 0.409. The molecule has 7 heterocycles. The van der Waals surface area contributed by atoms with Crippen molar-refractivity contribution in [2.45, 2.75) is 64.1 Å². The van der Waals surface area contributed by atoms with Crippen LogP contribution in [0.15, 0.2) is 79.8 Å². The van der Waals surface area contributed by atoms with Gasteiger partial charge in [-0.3, -0.25) is 67.3 Å². The van der Waals surface area contributed by atoms with Gasteiger partial charge in [0.1, 0.15) is 33.9 Å². The number of nitrogens with two attached hydrogens (primary N) is 1. The van der Waals surface area contributed by atoms with Gasteiger partial charge in [0, 0.05) is 64.5 Å². The van der Waals surface area contributed by atoms with Crippen molar-refractivity contribution in [2.75, 3.05) is 52.9 Å². The Morgan fingerprint density at radius 3 is 1.97 bits per heavy atom. The van der Waals surface area contributed by atoms with Crippen LogP contribution in [0.2, 0.25) is 0 Å². The first-order chi connectivity index (χ1) is 33.2. The van der Waals surface area contributed by atoms with Crippen molar-refractivity contribution in [3.8, 4) is 0 Å². The highest BCUT2D eigenvalue weighted by molar-refractivity contribution is 5.98. The second-order valence-electron chi connectivity index (χ2n) is 16.2. The van der Waals surface area contributed by atoms with Crippen LogP contribution in [0.1, 0.15) is 115 Å². The topological polar surface area (TPSA) is 308 Å². The zero-order valence-corrected chi connectivity index (χ0v) is 37.7. The number of amides is 6. The third-order valence-corrected chi connectivity index (χ3v) is 11.2. The monoisotopic (exact) mass is 957 g/mol. The zero-order valence-electron chi connectivity index (χ0n) is 37.7. The summed E-state index contributed by atoms with van der Waals surface area (Å²) in [5.74, 6) is -5.80. The van der Waals surface area contributed by atoms with Crippen molar-refractivity contribution < 1.29 is 48.1 Å². The van der Waals surface area contributed by atoms with Crippen molar-refractivity contribution in [3.05, 3.63) is 136 Å². The molecule has 7 rings (SSSR count). The highest BCUT2D eigenvalue weighted by Crippen LogP contribution is 2.17. The Morgan fingerprint density at radius 2 is 1.29 bits per heavy atom. The van der Waals surface area contributed by atoms with Gasteiger partial charge in [-0.2, -0.15) is 0 Å². The molecule has 1 unspecified atom stereocenters. The number of hydrogen-bond donors (Lipinski definition) is 5. The summed E-state index contributed by atoms with van der Waals surface area (Å²) >= 11 is 0. The molecule has 0 radical (unpaired) electrons. The lowest BCUT2D eigenvalue weighted by Gasteiger charge is -2.33. The van der Waals surface area contributed by atoms with Gasteiger partial charge in [0.05, 0.1) is 0 Å². The maximum atomic E-state index is 14.9. The fourth-order valence-corrected chi connectivity index (χ4v) is 7.56. The number of aromatic nitrogens is 4. The maximum Gasteiger partial charge on any atom is 0.686 e. The van der Waals surface area contributed by atoms with Crippen molar-refractivity contribution in [2.24, 2.45) is 5.73 Å². The van der Waals surface area contributed by atoms with E-state index in [0.29, 0.717) is 36.8 Å². The molecule has 1 spiro atoms. The van der Waals surface area contributed by atoms with Gasteiger partial charge in [0.15, 0.2) is 0 Å². The minimum Gasteiger partial charge on any atom is -0.352 e. The molecule has 0 aromatic carbocycles. The standard InChI is InChI=1S/C44H51N11O14/c1-3-21-46-36(58)28-16-18-30-38(60)48-26-27(11-4-5-20-45)49-39(61)31-19-17-29-37(59)47-22-10-25-51-24-7-6-23-50(2)42(64)32-12-8-14-34(56)52(32)66-44(68-54(30)40(28)62,69-55(31)41(29)63)67-53-33(43(51)65)13-9-15-35(53)57/h8-9,12-19,27H,3-7,10-11,20-26,45H2,1-2H3,(H,46,58)(H,47,59)(H,48,60)(H,49,61)/t27-,44?/m0/s1. The molecule has 0 fully saturated rings. The summed E-state index contributed by atoms with van der Waals surface area (Å²) in [7, 11) is 1.42. The molecule has 4 aromatic heterocycles. The Balaban J connectivity index is 1.64. The minimum atomic E-state index is -3.98. The summed E-state index contributed by atoms with van der Waals surface area (Å²) in [4.78, 5) is 171. The van der Waals surface area contributed by atoms with Crippen LogP contribution >= 0.6 is 0 Å². The number of pyridine rings is 4. The number of nitrogens with one attached hydrogen (secondary N) is 4. The van der Waals surface area contributed by atoms with E-state index < -0.39 is 104 Å². The van der Waals surface area contributed by atoms with Crippen molar-refractivity contribution in [1.29, 1.82) is 0 Å². The van der Waals surface area contributed by atoms with Gasteiger partial charge in [-0.1, -0.05) is 25.5 Å². The second-order valence-corrected chi connectivity index (χ2v) is 16.2. The number of hydrogen-bond acceptors (Lipinski definition) is 15. The van der Waals surface area contributed by atoms with Crippen LogP contribution in [-0.2, 0) is 0 Å². The SMILES string of the molecule is CCCNC(=O)c1ccc2n(c1=O)OC13On4c(cccc4=O)C(=O)N(C)CCCCN(CCCNC(=O)c4ccc(n(c4=O)O1)C(=O)N[C@@H](CCCCN)CNC2=O)C(=O)c1cccc(=O)n1O3. The third kappa shape index (κ3) is 10.5. The molecule has 3 aliphatic heterocycles. The smallest absolute Gasteiger partial charge is 0.352 e. The van der Waals surface area contributed by atoms with Crippen LogP contribution in [-0.4, -0.2) is 129 Å². The third-order valence-electron chi connectivity index (χ3n) is 11.2. The van der Waals surface area contributed by atoms with Gasteiger partial charge in [-0.25, -0.2) is 0 Å². The molecule has 4 bridgehead atoms. The average molecular weight is 958 g/mol. The van der Waals surface area contributed by atoms with Gasteiger partial charge >= 0.3 is 6.16 Å². The average Bonchev–Trinajstić information content (AvgIpc) is 3.33. The molecule has 0 aliphatic carbocycles. The molecule has 0 saturated carbocycles. The van der Waals surface area contributed by atoms with Crippen LogP contribution in [0.4, 0.5) is 0 Å². The molecule has 69 heavy (non-hydrogen) atoms. The Labute approximate surface area is 391 Å². The first kappa shape index (κ1) is 48.7. The molecule has 6 N–H and O–H groups in total. The van der Waals surface area contributed by atoms with E-state index in [0.717, 1.165) is 42.5 Å². The van der Waals surface area contributed by atoms with E-state index in [-0.39, 0.29) is 72.8 Å². The van der Waals surface area contributed by atoms with Gasteiger partial charge < -0.3 is 36.8 Å². The largest absolute Gasteiger partial charge is 0.686 e. The van der Waals surface area contributed by atoms with Crippen LogP contribution in [0.3, 0.4) is 0 Å². The van der Waals surface area contributed by atoms with E-state index in [1.54, 1.807) is 6.92 Å². The van der Waals surface area contributed by atoms with Gasteiger partial charge in [-0.05, 0) is 81.5 Å². The van der Waals surface area contributed by atoms with Gasteiger partial charge in [0.25, 0.3) is 57.7 Å². The molecular formula is C44H51N11O14. The number of carbonyl (C=O) groups excluding carboxylic acids is 6. The van der Waals surface area contributed by atoms with Crippen molar-refractivity contribution >= 4 is 35.4 Å². The number of unbranched alkanes of at least 4 members (excludes halogenated alkanes) is 1. The van der Waals surface area contributed by atoms with Gasteiger partial charge in [0.2, 0.25) is 0 Å².